The lowest BCUT2D eigenvalue weighted by molar-refractivity contribution is -0.142. The maximum Gasteiger partial charge on any atom is 0.326 e. The van der Waals surface area contributed by atoms with Crippen molar-refractivity contribution >= 4 is 29.6 Å². The first-order chi connectivity index (χ1) is 15.4. The van der Waals surface area contributed by atoms with Crippen LogP contribution in [0.2, 0.25) is 0 Å². The minimum atomic E-state index is -1.54. The molecule has 10 N–H and O–H groups in total. The fourth-order valence-corrected chi connectivity index (χ4v) is 2.67. The number of phenols is 1. The lowest BCUT2D eigenvalue weighted by Crippen LogP contribution is -2.58. The van der Waals surface area contributed by atoms with Gasteiger partial charge in [0, 0.05) is 12.8 Å². The highest BCUT2D eigenvalue weighted by Crippen LogP contribution is 2.11. The van der Waals surface area contributed by atoms with Crippen LogP contribution in [0.1, 0.15) is 25.3 Å². The molecule has 0 aliphatic rings. The van der Waals surface area contributed by atoms with Gasteiger partial charge in [0.25, 0.3) is 0 Å². The van der Waals surface area contributed by atoms with Crippen LogP contribution < -0.4 is 27.4 Å². The quantitative estimate of drug-likeness (QED) is 0.148. The first-order valence-corrected chi connectivity index (χ1v) is 10.0. The van der Waals surface area contributed by atoms with Crippen LogP contribution in [0, 0.1) is 0 Å². The number of nitrogens with one attached hydrogen (secondary N) is 3. The van der Waals surface area contributed by atoms with Crippen LogP contribution in [-0.4, -0.2) is 75.7 Å². The zero-order valence-corrected chi connectivity index (χ0v) is 18.0. The number of rotatable bonds is 13. The highest BCUT2D eigenvalue weighted by Gasteiger charge is 2.30. The van der Waals surface area contributed by atoms with Crippen molar-refractivity contribution in [2.75, 3.05) is 6.61 Å². The molecular weight excluding hydrogens is 438 g/mol. The van der Waals surface area contributed by atoms with Crippen LogP contribution >= 0.6 is 0 Å². The van der Waals surface area contributed by atoms with Crippen LogP contribution in [0.5, 0.6) is 5.75 Å². The molecule has 0 bridgehead atoms. The first kappa shape index (κ1) is 27.3. The van der Waals surface area contributed by atoms with Gasteiger partial charge < -0.3 is 42.7 Å². The van der Waals surface area contributed by atoms with Crippen LogP contribution in [0.15, 0.2) is 24.3 Å². The molecule has 1 aromatic rings. The maximum atomic E-state index is 12.6. The van der Waals surface area contributed by atoms with Crippen molar-refractivity contribution in [3.63, 3.8) is 0 Å². The monoisotopic (exact) mass is 467 g/mol. The van der Waals surface area contributed by atoms with Crippen molar-refractivity contribution in [2.45, 2.75) is 50.4 Å². The third kappa shape index (κ3) is 9.53. The van der Waals surface area contributed by atoms with E-state index in [-0.39, 0.29) is 25.0 Å². The number of phenolic OH excluding ortho intramolecular Hbond substituents is 1. The topological polar surface area (TPSA) is 234 Å². The maximum absolute atomic E-state index is 12.6. The fraction of sp³-hybridized carbons (Fsp3) is 0.450. The van der Waals surface area contributed by atoms with E-state index in [0.717, 1.165) is 0 Å². The van der Waals surface area contributed by atoms with Crippen LogP contribution in [0.3, 0.4) is 0 Å². The summed E-state index contributed by atoms with van der Waals surface area (Å²) in [6, 6.07) is 0.511. The second kappa shape index (κ2) is 13.0. The molecule has 182 valence electrons. The Morgan fingerprint density at radius 3 is 1.91 bits per heavy atom. The van der Waals surface area contributed by atoms with Crippen molar-refractivity contribution in [1.29, 1.82) is 0 Å². The fourth-order valence-electron chi connectivity index (χ4n) is 2.67. The molecule has 0 radical (unpaired) electrons. The number of carbonyl (C=O) groups is 5. The number of aromatic hydroxyl groups is 1. The number of aliphatic hydroxyl groups excluding tert-OH is 1. The number of carbonyl (C=O) groups excluding carboxylic acids is 4. The van der Waals surface area contributed by atoms with Crippen molar-refractivity contribution in [2.24, 2.45) is 11.5 Å². The first-order valence-electron chi connectivity index (χ1n) is 10.0. The largest absolute Gasteiger partial charge is 0.508 e. The summed E-state index contributed by atoms with van der Waals surface area (Å²) in [6.07, 6.45) is -0.557. The Bertz CT molecular complexity index is 859. The van der Waals surface area contributed by atoms with E-state index in [9.17, 15) is 39.3 Å². The van der Waals surface area contributed by atoms with Crippen molar-refractivity contribution in [1.82, 2.24) is 16.0 Å². The summed E-state index contributed by atoms with van der Waals surface area (Å²) in [6.45, 7) is 0.509. The number of carboxylic acid groups (broad SMARTS) is 1. The lowest BCUT2D eigenvalue weighted by atomic mass is 10.1. The molecule has 4 amide bonds. The van der Waals surface area contributed by atoms with E-state index >= 15 is 0 Å². The minimum Gasteiger partial charge on any atom is -0.508 e. The minimum absolute atomic E-state index is 0.0141. The van der Waals surface area contributed by atoms with E-state index in [0.29, 0.717) is 5.56 Å². The van der Waals surface area contributed by atoms with Gasteiger partial charge in [-0.2, -0.15) is 0 Å². The molecule has 0 saturated carbocycles. The molecule has 0 aliphatic carbocycles. The van der Waals surface area contributed by atoms with Gasteiger partial charge in [0.2, 0.25) is 23.6 Å². The number of primary amides is 1. The lowest BCUT2D eigenvalue weighted by Gasteiger charge is -2.24. The summed E-state index contributed by atoms with van der Waals surface area (Å²) in [5.41, 5.74) is 11.1. The number of nitrogens with two attached hydrogens (primary N) is 2. The van der Waals surface area contributed by atoms with Crippen molar-refractivity contribution in [3.05, 3.63) is 29.8 Å². The molecule has 0 fully saturated rings. The van der Waals surface area contributed by atoms with E-state index in [1.807, 2.05) is 0 Å². The standard InChI is InChI=1S/C20H29N5O8/c1-10(21)17(29)23-13(6-7-16(22)28)18(30)25-15(9-26)19(31)24-14(20(32)33)8-11-2-4-12(27)5-3-11/h2-5,10,13-15,26-27H,6-9,21H2,1H3,(H2,22,28)(H,23,29)(H,24,31)(H,25,30)(H,32,33). The van der Waals surface area contributed by atoms with Gasteiger partial charge in [-0.25, -0.2) is 4.79 Å². The normalized spacial score (nSPS) is 14.3. The van der Waals surface area contributed by atoms with E-state index in [4.69, 9.17) is 11.5 Å². The average Bonchev–Trinajstić information content (AvgIpc) is 2.74. The zero-order valence-electron chi connectivity index (χ0n) is 18.0. The summed E-state index contributed by atoms with van der Waals surface area (Å²) < 4.78 is 0. The molecule has 0 heterocycles. The Kier molecular flexibility index (Phi) is 10.7. The molecular formula is C20H29N5O8. The Hall–Kier alpha value is -3.71. The van der Waals surface area contributed by atoms with Gasteiger partial charge in [-0.3, -0.25) is 19.2 Å². The van der Waals surface area contributed by atoms with E-state index in [1.165, 1.54) is 31.2 Å². The number of hydrogen-bond acceptors (Lipinski definition) is 8. The highest BCUT2D eigenvalue weighted by atomic mass is 16.4. The SMILES string of the molecule is CC(N)C(=O)NC(CCC(N)=O)C(=O)NC(CO)C(=O)NC(Cc1ccc(O)cc1)C(=O)O. The zero-order chi connectivity index (χ0) is 25.1. The summed E-state index contributed by atoms with van der Waals surface area (Å²) in [5.74, 6) is -4.67. The summed E-state index contributed by atoms with van der Waals surface area (Å²) >= 11 is 0. The van der Waals surface area contributed by atoms with Gasteiger partial charge in [-0.1, -0.05) is 12.1 Å². The summed E-state index contributed by atoms with van der Waals surface area (Å²) in [7, 11) is 0. The molecule has 0 aliphatic heterocycles. The molecule has 0 saturated heterocycles. The third-order valence-corrected chi connectivity index (χ3v) is 4.53. The second-order valence-corrected chi connectivity index (χ2v) is 7.37. The number of hydrogen-bond donors (Lipinski definition) is 8. The molecule has 13 heteroatoms. The van der Waals surface area contributed by atoms with E-state index in [2.05, 4.69) is 16.0 Å². The van der Waals surface area contributed by atoms with Gasteiger partial charge in [0.15, 0.2) is 0 Å². The van der Waals surface area contributed by atoms with Crippen LogP contribution in [0.25, 0.3) is 0 Å². The van der Waals surface area contributed by atoms with E-state index < -0.39 is 60.4 Å². The molecule has 0 aromatic heterocycles. The number of aliphatic hydroxyl groups is 1. The molecule has 33 heavy (non-hydrogen) atoms. The smallest absolute Gasteiger partial charge is 0.326 e. The molecule has 1 rings (SSSR count). The van der Waals surface area contributed by atoms with Crippen molar-refractivity contribution in [3.8, 4) is 5.75 Å². The van der Waals surface area contributed by atoms with Gasteiger partial charge in [0.05, 0.1) is 12.6 Å². The number of carboxylic acids is 1. The predicted octanol–water partition coefficient (Wildman–Crippen LogP) is -2.92. The predicted molar refractivity (Wildman–Crippen MR) is 114 cm³/mol. The highest BCUT2D eigenvalue weighted by molar-refractivity contribution is 5.94. The Morgan fingerprint density at radius 1 is 0.909 bits per heavy atom. The number of aliphatic carboxylic acids is 1. The van der Waals surface area contributed by atoms with Gasteiger partial charge >= 0.3 is 5.97 Å². The van der Waals surface area contributed by atoms with Crippen LogP contribution in [0.4, 0.5) is 0 Å². The Morgan fingerprint density at radius 2 is 1.42 bits per heavy atom. The number of benzene rings is 1. The van der Waals surface area contributed by atoms with Crippen molar-refractivity contribution < 1.29 is 39.3 Å². The molecule has 4 unspecified atom stereocenters. The third-order valence-electron chi connectivity index (χ3n) is 4.53. The van der Waals surface area contributed by atoms with Gasteiger partial charge in [-0.05, 0) is 31.0 Å². The van der Waals surface area contributed by atoms with Crippen LogP contribution in [-0.2, 0) is 30.4 Å². The average molecular weight is 467 g/mol. The number of amides is 4. The Balaban J connectivity index is 2.87. The van der Waals surface area contributed by atoms with Gasteiger partial charge in [-0.15, -0.1) is 0 Å². The van der Waals surface area contributed by atoms with E-state index in [1.54, 1.807) is 0 Å². The molecule has 0 spiro atoms. The summed E-state index contributed by atoms with van der Waals surface area (Å²) in [4.78, 5) is 59.6. The Labute approximate surface area is 189 Å². The second-order valence-electron chi connectivity index (χ2n) is 7.37. The molecule has 13 nitrogen and oxygen atoms in total. The van der Waals surface area contributed by atoms with Gasteiger partial charge in [0.1, 0.15) is 23.9 Å². The summed E-state index contributed by atoms with van der Waals surface area (Å²) in [5, 5.41) is 35.1. The molecule has 4 atom stereocenters. The molecule has 1 aromatic carbocycles.